The Kier molecular flexibility index (Phi) is 2.29. The molecule has 1 aromatic carbocycles. The first kappa shape index (κ1) is 7.09. The topological polar surface area (TPSA) is 29.1 Å². The van der Waals surface area contributed by atoms with Crippen LogP contribution in [0.5, 0.6) is 5.75 Å². The zero-order chi connectivity index (χ0) is 7.40. The van der Waals surface area contributed by atoms with E-state index in [9.17, 15) is 5.11 Å². The summed E-state index contributed by atoms with van der Waals surface area (Å²) >= 11 is 0. The maximum atomic E-state index is 10.9. The Hall–Kier alpha value is -1.02. The average Bonchev–Trinajstić information content (AvgIpc) is 1.94. The van der Waals surface area contributed by atoms with Gasteiger partial charge in [-0.2, -0.15) is 0 Å². The molecule has 1 radical (unpaired) electrons. The summed E-state index contributed by atoms with van der Waals surface area (Å²) in [6.07, 6.45) is 0. The zero-order valence-corrected chi connectivity index (χ0v) is 5.83. The molecule has 1 rings (SSSR count). The Balaban J connectivity index is 2.81. The van der Waals surface area contributed by atoms with Crippen molar-refractivity contribution in [3.63, 3.8) is 0 Å². The van der Waals surface area contributed by atoms with Crippen molar-refractivity contribution in [3.8, 4) is 5.75 Å². The quantitative estimate of drug-likeness (QED) is 0.612. The Morgan fingerprint density at radius 2 is 2.10 bits per heavy atom. The van der Waals surface area contributed by atoms with Crippen LogP contribution >= 0.6 is 0 Å². The molecule has 0 fully saturated rings. The van der Waals surface area contributed by atoms with E-state index in [0.717, 1.165) is 0 Å². The maximum Gasteiger partial charge on any atom is 0.184 e. The molecule has 0 aromatic heterocycles. The molecule has 0 bridgehead atoms. The van der Waals surface area contributed by atoms with Gasteiger partial charge in [0.05, 0.1) is 6.61 Å². The van der Waals surface area contributed by atoms with E-state index in [4.69, 9.17) is 4.74 Å². The van der Waals surface area contributed by atoms with Crippen molar-refractivity contribution in [2.45, 2.75) is 6.61 Å². The van der Waals surface area contributed by atoms with Gasteiger partial charge in [0.25, 0.3) is 0 Å². The molecule has 53 valence electrons. The van der Waals surface area contributed by atoms with Crippen molar-refractivity contribution < 1.29 is 9.84 Å². The highest BCUT2D eigenvalue weighted by atomic mass is 16.5. The monoisotopic (exact) mass is 137 g/mol. The Labute approximate surface area is 60.1 Å². The molecular formula is C8H9O2. The fourth-order valence-corrected chi connectivity index (χ4v) is 0.779. The van der Waals surface area contributed by atoms with E-state index in [1.807, 2.05) is 6.07 Å². The van der Waals surface area contributed by atoms with Gasteiger partial charge in [-0.25, -0.2) is 0 Å². The van der Waals surface area contributed by atoms with Gasteiger partial charge in [0.2, 0.25) is 0 Å². The minimum atomic E-state index is 0.0457. The number of rotatable bonds is 2. The molecule has 0 heterocycles. The van der Waals surface area contributed by atoms with Crippen LogP contribution in [0.2, 0.25) is 0 Å². The van der Waals surface area contributed by atoms with Crippen molar-refractivity contribution in [3.05, 3.63) is 29.8 Å². The normalized spacial score (nSPS) is 9.70. The van der Waals surface area contributed by atoms with Crippen LogP contribution in [0.1, 0.15) is 5.56 Å². The molecule has 0 saturated carbocycles. The number of para-hydroxylation sites is 1. The summed E-state index contributed by atoms with van der Waals surface area (Å²) in [4.78, 5) is 0. The highest BCUT2D eigenvalue weighted by Crippen LogP contribution is 2.16. The maximum absolute atomic E-state index is 10.9. The SMILES string of the molecule is COCc1ccccc1[O]. The first-order valence-corrected chi connectivity index (χ1v) is 3.08. The predicted molar refractivity (Wildman–Crippen MR) is 37.3 cm³/mol. The van der Waals surface area contributed by atoms with E-state index < -0.39 is 0 Å². The summed E-state index contributed by atoms with van der Waals surface area (Å²) in [7, 11) is 1.58. The van der Waals surface area contributed by atoms with Gasteiger partial charge in [0.15, 0.2) is 5.75 Å². The number of methoxy groups -OCH3 is 1. The summed E-state index contributed by atoms with van der Waals surface area (Å²) in [6.45, 7) is 0.402. The lowest BCUT2D eigenvalue weighted by Crippen LogP contribution is -1.85. The third kappa shape index (κ3) is 1.48. The minimum Gasteiger partial charge on any atom is -0.380 e. The van der Waals surface area contributed by atoms with Crippen LogP contribution in [0, 0.1) is 0 Å². The second-order valence-corrected chi connectivity index (χ2v) is 2.04. The van der Waals surface area contributed by atoms with Crippen LogP contribution < -0.4 is 0 Å². The molecule has 10 heavy (non-hydrogen) atoms. The second kappa shape index (κ2) is 3.22. The lowest BCUT2D eigenvalue weighted by molar-refractivity contribution is 0.179. The van der Waals surface area contributed by atoms with Crippen LogP contribution in [-0.2, 0) is 16.5 Å². The Morgan fingerprint density at radius 1 is 1.40 bits per heavy atom. The summed E-state index contributed by atoms with van der Waals surface area (Å²) in [5.74, 6) is 0.0457. The van der Waals surface area contributed by atoms with Crippen molar-refractivity contribution in [2.24, 2.45) is 0 Å². The number of hydrogen-bond donors (Lipinski definition) is 0. The van der Waals surface area contributed by atoms with Crippen LogP contribution in [0.25, 0.3) is 0 Å². The molecule has 2 nitrogen and oxygen atoms in total. The van der Waals surface area contributed by atoms with E-state index in [2.05, 4.69) is 0 Å². The van der Waals surface area contributed by atoms with Crippen molar-refractivity contribution in [2.75, 3.05) is 7.11 Å². The van der Waals surface area contributed by atoms with Crippen LogP contribution in [0.15, 0.2) is 24.3 Å². The molecule has 0 unspecified atom stereocenters. The Morgan fingerprint density at radius 3 is 2.70 bits per heavy atom. The van der Waals surface area contributed by atoms with Crippen LogP contribution in [-0.4, -0.2) is 7.11 Å². The minimum absolute atomic E-state index is 0.0457. The molecule has 2 heteroatoms. The van der Waals surface area contributed by atoms with E-state index in [-0.39, 0.29) is 5.75 Å². The predicted octanol–water partition coefficient (Wildman–Crippen LogP) is 1.98. The van der Waals surface area contributed by atoms with Crippen molar-refractivity contribution in [1.29, 1.82) is 0 Å². The summed E-state index contributed by atoms with van der Waals surface area (Å²) in [6, 6.07) is 6.86. The number of hydrogen-bond acceptors (Lipinski definition) is 1. The Bertz CT molecular complexity index is 208. The van der Waals surface area contributed by atoms with E-state index in [1.54, 1.807) is 19.2 Å². The fraction of sp³-hybridized carbons (Fsp3) is 0.250. The molecule has 0 spiro atoms. The zero-order valence-electron chi connectivity index (χ0n) is 5.83. The van der Waals surface area contributed by atoms with Gasteiger partial charge in [-0.15, -0.1) is 0 Å². The smallest absolute Gasteiger partial charge is 0.184 e. The molecule has 0 atom stereocenters. The van der Waals surface area contributed by atoms with E-state index in [1.165, 1.54) is 6.07 Å². The fourth-order valence-electron chi connectivity index (χ4n) is 0.779. The lowest BCUT2D eigenvalue weighted by Gasteiger charge is -1.97. The summed E-state index contributed by atoms with van der Waals surface area (Å²) < 4.78 is 4.81. The first-order chi connectivity index (χ1) is 4.84. The largest absolute Gasteiger partial charge is 0.380 e. The van der Waals surface area contributed by atoms with Crippen LogP contribution in [0.4, 0.5) is 0 Å². The molecule has 0 aliphatic carbocycles. The third-order valence-corrected chi connectivity index (χ3v) is 1.27. The standard InChI is InChI=1S/C8H9O2/c1-10-6-7-4-2-3-5-8(7)9/h2-5H,6H2,1H3. The highest BCUT2D eigenvalue weighted by Gasteiger charge is 1.98. The van der Waals surface area contributed by atoms with Gasteiger partial charge in [-0.3, -0.25) is 5.11 Å². The molecule has 1 aromatic rings. The van der Waals surface area contributed by atoms with Gasteiger partial charge in [-0.1, -0.05) is 18.2 Å². The molecule has 0 aliphatic heterocycles. The highest BCUT2D eigenvalue weighted by molar-refractivity contribution is 5.30. The number of benzene rings is 1. The van der Waals surface area contributed by atoms with Crippen molar-refractivity contribution in [1.82, 2.24) is 0 Å². The molecule has 0 amide bonds. The van der Waals surface area contributed by atoms with Crippen molar-refractivity contribution >= 4 is 0 Å². The van der Waals surface area contributed by atoms with Crippen LogP contribution in [0.3, 0.4) is 0 Å². The molecular weight excluding hydrogens is 128 g/mol. The molecule has 0 N–H and O–H groups in total. The van der Waals surface area contributed by atoms with Gasteiger partial charge in [0.1, 0.15) is 0 Å². The average molecular weight is 137 g/mol. The second-order valence-electron chi connectivity index (χ2n) is 2.04. The van der Waals surface area contributed by atoms with Gasteiger partial charge in [-0.05, 0) is 6.07 Å². The molecule has 0 saturated heterocycles. The molecule has 0 aliphatic rings. The van der Waals surface area contributed by atoms with Gasteiger partial charge < -0.3 is 4.74 Å². The first-order valence-electron chi connectivity index (χ1n) is 3.08. The van der Waals surface area contributed by atoms with Gasteiger partial charge in [0, 0.05) is 12.7 Å². The third-order valence-electron chi connectivity index (χ3n) is 1.27. The lowest BCUT2D eigenvalue weighted by atomic mass is 10.2. The summed E-state index contributed by atoms with van der Waals surface area (Å²) in [5, 5.41) is 10.9. The summed E-state index contributed by atoms with van der Waals surface area (Å²) in [5.41, 5.74) is 0.713. The van der Waals surface area contributed by atoms with E-state index in [0.29, 0.717) is 12.2 Å². The van der Waals surface area contributed by atoms with Gasteiger partial charge >= 0.3 is 0 Å². The number of ether oxygens (including phenoxy) is 1. The van der Waals surface area contributed by atoms with E-state index >= 15 is 0 Å².